The van der Waals surface area contributed by atoms with Crippen molar-refractivity contribution in [2.45, 2.75) is 31.3 Å². The molecule has 0 radical (unpaired) electrons. The number of nitriles is 2. The highest BCUT2D eigenvalue weighted by Gasteiger charge is 2.18. The lowest BCUT2D eigenvalue weighted by Crippen LogP contribution is -2.34. The summed E-state index contributed by atoms with van der Waals surface area (Å²) in [6.07, 6.45) is 1.29. The van der Waals surface area contributed by atoms with Crippen molar-refractivity contribution in [3.8, 4) is 17.8 Å². The summed E-state index contributed by atoms with van der Waals surface area (Å²) in [5.41, 5.74) is 2.22. The molecule has 0 saturated carbocycles. The van der Waals surface area contributed by atoms with Crippen LogP contribution >= 0.6 is 11.8 Å². The normalized spacial score (nSPS) is 10.5. The van der Waals surface area contributed by atoms with Crippen molar-refractivity contribution >= 4 is 28.6 Å². The Labute approximate surface area is 190 Å². The third-order valence-corrected chi connectivity index (χ3v) is 5.94. The lowest BCUT2D eigenvalue weighted by Gasteiger charge is -2.20. The molecule has 162 valence electrons. The lowest BCUT2D eigenvalue weighted by atomic mass is 10.1. The van der Waals surface area contributed by atoms with Crippen LogP contribution in [0.2, 0.25) is 0 Å². The van der Waals surface area contributed by atoms with E-state index in [1.165, 1.54) is 21.2 Å². The summed E-state index contributed by atoms with van der Waals surface area (Å²) in [6, 6.07) is 18.9. The second kappa shape index (κ2) is 11.1. The van der Waals surface area contributed by atoms with E-state index in [1.807, 2.05) is 42.5 Å². The van der Waals surface area contributed by atoms with Gasteiger partial charge in [0, 0.05) is 13.1 Å². The van der Waals surface area contributed by atoms with Gasteiger partial charge in [-0.3, -0.25) is 14.2 Å². The molecule has 0 aliphatic heterocycles. The molecular weight excluding hydrogens is 422 g/mol. The van der Waals surface area contributed by atoms with Crippen molar-refractivity contribution in [1.29, 1.82) is 10.5 Å². The summed E-state index contributed by atoms with van der Waals surface area (Å²) in [5, 5.41) is 18.6. The van der Waals surface area contributed by atoms with Crippen LogP contribution in [0.25, 0.3) is 16.6 Å². The maximum absolute atomic E-state index is 13.3. The molecular formula is C24H23N5O2S. The fourth-order valence-electron chi connectivity index (χ4n) is 3.27. The molecule has 0 spiro atoms. The van der Waals surface area contributed by atoms with Crippen molar-refractivity contribution in [1.82, 2.24) is 14.5 Å². The van der Waals surface area contributed by atoms with Crippen LogP contribution in [0.1, 0.15) is 25.3 Å². The van der Waals surface area contributed by atoms with Gasteiger partial charge < -0.3 is 4.90 Å². The predicted octanol–water partition coefficient (Wildman–Crippen LogP) is 3.70. The standard InChI is InChI=1S/C24H23N5O2S/c1-2-18-9-11-19(12-10-18)29-23(31)20-7-3-4-8-21(20)27-24(29)32-17-22(30)28(15-5-13-25)16-6-14-26/h3-4,7-12H,2,5-6,15-17H2,1H3. The number of benzene rings is 2. The van der Waals surface area contributed by atoms with Gasteiger partial charge in [-0.1, -0.05) is 43.0 Å². The number of aromatic nitrogens is 2. The van der Waals surface area contributed by atoms with Crippen LogP contribution in [0.15, 0.2) is 58.5 Å². The molecule has 0 saturated heterocycles. The SMILES string of the molecule is CCc1ccc(-n2c(SCC(=O)N(CCC#N)CCC#N)nc3ccccc3c2=O)cc1. The molecule has 1 amide bonds. The maximum Gasteiger partial charge on any atom is 0.266 e. The van der Waals surface area contributed by atoms with E-state index in [-0.39, 0.29) is 43.2 Å². The second-order valence-electron chi connectivity index (χ2n) is 7.06. The lowest BCUT2D eigenvalue weighted by molar-refractivity contribution is -0.128. The highest BCUT2D eigenvalue weighted by molar-refractivity contribution is 7.99. The Kier molecular flexibility index (Phi) is 8.02. The smallest absolute Gasteiger partial charge is 0.266 e. The number of carbonyl (C=O) groups is 1. The second-order valence-corrected chi connectivity index (χ2v) is 8.00. The number of para-hydroxylation sites is 1. The summed E-state index contributed by atoms with van der Waals surface area (Å²) in [5.74, 6) is -0.148. The molecule has 2 aromatic carbocycles. The van der Waals surface area contributed by atoms with E-state index in [4.69, 9.17) is 10.5 Å². The molecule has 0 atom stereocenters. The van der Waals surface area contributed by atoms with Crippen LogP contribution in [-0.2, 0) is 11.2 Å². The number of carbonyl (C=O) groups excluding carboxylic acids is 1. The Hall–Kier alpha value is -3.62. The van der Waals surface area contributed by atoms with Gasteiger partial charge in [-0.15, -0.1) is 0 Å². The number of nitrogens with zero attached hydrogens (tertiary/aromatic N) is 5. The molecule has 0 aliphatic rings. The van der Waals surface area contributed by atoms with Gasteiger partial charge in [0.05, 0.1) is 47.3 Å². The van der Waals surface area contributed by atoms with Crippen LogP contribution in [0, 0.1) is 22.7 Å². The van der Waals surface area contributed by atoms with Gasteiger partial charge in [0.1, 0.15) is 0 Å². The number of thioether (sulfide) groups is 1. The molecule has 1 heterocycles. The first-order chi connectivity index (χ1) is 15.6. The Morgan fingerprint density at radius 3 is 2.34 bits per heavy atom. The van der Waals surface area contributed by atoms with Gasteiger partial charge in [0.15, 0.2) is 5.16 Å². The van der Waals surface area contributed by atoms with E-state index in [9.17, 15) is 9.59 Å². The molecule has 0 fully saturated rings. The molecule has 8 heteroatoms. The van der Waals surface area contributed by atoms with Crippen molar-refractivity contribution in [3.05, 3.63) is 64.4 Å². The zero-order valence-corrected chi connectivity index (χ0v) is 18.6. The van der Waals surface area contributed by atoms with Crippen LogP contribution in [0.4, 0.5) is 0 Å². The maximum atomic E-state index is 13.3. The fourth-order valence-corrected chi connectivity index (χ4v) is 4.18. The Bertz CT molecular complexity index is 1220. The summed E-state index contributed by atoms with van der Waals surface area (Å²) < 4.78 is 1.54. The van der Waals surface area contributed by atoms with E-state index in [0.29, 0.717) is 21.7 Å². The number of aryl methyl sites for hydroxylation is 1. The van der Waals surface area contributed by atoms with Crippen LogP contribution < -0.4 is 5.56 Å². The predicted molar refractivity (Wildman–Crippen MR) is 124 cm³/mol. The highest BCUT2D eigenvalue weighted by Crippen LogP contribution is 2.22. The van der Waals surface area contributed by atoms with Crippen LogP contribution in [-0.4, -0.2) is 39.2 Å². The van der Waals surface area contributed by atoms with E-state index in [2.05, 4.69) is 11.9 Å². The van der Waals surface area contributed by atoms with Crippen molar-refractivity contribution in [3.63, 3.8) is 0 Å². The van der Waals surface area contributed by atoms with Gasteiger partial charge in [-0.05, 0) is 36.2 Å². The first kappa shape index (κ1) is 23.1. The van der Waals surface area contributed by atoms with Crippen molar-refractivity contribution in [2.24, 2.45) is 0 Å². The van der Waals surface area contributed by atoms with Crippen LogP contribution in [0.5, 0.6) is 0 Å². The first-order valence-corrected chi connectivity index (χ1v) is 11.3. The van der Waals surface area contributed by atoms with E-state index < -0.39 is 0 Å². The molecule has 0 N–H and O–H groups in total. The number of fused-ring (bicyclic) bond motifs is 1. The average Bonchev–Trinajstić information content (AvgIpc) is 2.83. The largest absolute Gasteiger partial charge is 0.340 e. The van der Waals surface area contributed by atoms with E-state index in [1.54, 1.807) is 18.2 Å². The minimum atomic E-state index is -0.198. The Morgan fingerprint density at radius 1 is 1.06 bits per heavy atom. The number of hydrogen-bond acceptors (Lipinski definition) is 6. The quantitative estimate of drug-likeness (QED) is 0.368. The minimum Gasteiger partial charge on any atom is -0.340 e. The topological polar surface area (TPSA) is 103 Å². The van der Waals surface area contributed by atoms with Crippen molar-refractivity contribution < 1.29 is 4.79 Å². The number of amides is 1. The fraction of sp³-hybridized carbons (Fsp3) is 0.292. The van der Waals surface area contributed by atoms with Gasteiger partial charge in [-0.2, -0.15) is 10.5 Å². The average molecular weight is 446 g/mol. The molecule has 32 heavy (non-hydrogen) atoms. The van der Waals surface area contributed by atoms with Crippen LogP contribution in [0.3, 0.4) is 0 Å². The molecule has 7 nitrogen and oxygen atoms in total. The summed E-state index contributed by atoms with van der Waals surface area (Å²) in [4.78, 5) is 32.3. The third-order valence-electron chi connectivity index (χ3n) is 5.01. The van der Waals surface area contributed by atoms with E-state index >= 15 is 0 Å². The first-order valence-electron chi connectivity index (χ1n) is 10.3. The molecule has 0 unspecified atom stereocenters. The molecule has 1 aromatic heterocycles. The van der Waals surface area contributed by atoms with E-state index in [0.717, 1.165) is 12.0 Å². The summed E-state index contributed by atoms with van der Waals surface area (Å²) >= 11 is 1.18. The Morgan fingerprint density at radius 2 is 1.72 bits per heavy atom. The number of hydrogen-bond donors (Lipinski definition) is 0. The van der Waals surface area contributed by atoms with Gasteiger partial charge >= 0.3 is 0 Å². The molecule has 3 aromatic rings. The highest BCUT2D eigenvalue weighted by atomic mass is 32.2. The molecule has 0 aliphatic carbocycles. The van der Waals surface area contributed by atoms with Gasteiger partial charge in [0.2, 0.25) is 5.91 Å². The van der Waals surface area contributed by atoms with Gasteiger partial charge in [0.25, 0.3) is 5.56 Å². The minimum absolute atomic E-state index is 0.0503. The zero-order valence-electron chi connectivity index (χ0n) is 17.8. The molecule has 3 rings (SSSR count). The van der Waals surface area contributed by atoms with Crippen molar-refractivity contribution in [2.75, 3.05) is 18.8 Å². The van der Waals surface area contributed by atoms with Gasteiger partial charge in [-0.25, -0.2) is 4.98 Å². The third kappa shape index (κ3) is 5.35. The Balaban J connectivity index is 1.95. The zero-order chi connectivity index (χ0) is 22.9. The number of rotatable bonds is 9. The monoisotopic (exact) mass is 445 g/mol. The summed E-state index contributed by atoms with van der Waals surface area (Å²) in [6.45, 7) is 2.61. The molecule has 0 bridgehead atoms. The summed E-state index contributed by atoms with van der Waals surface area (Å²) in [7, 11) is 0.